The highest BCUT2D eigenvalue weighted by Crippen LogP contribution is 2.20. The number of para-hydroxylation sites is 3. The number of nitrogens with zero attached hydrogens (tertiary/aromatic N) is 2. The van der Waals surface area contributed by atoms with Crippen LogP contribution in [0.25, 0.3) is 21.8 Å². The molecule has 1 amide bonds. The molecular weight excluding hydrogens is 474 g/mol. The topological polar surface area (TPSA) is 90.3 Å². The zero-order valence-electron chi connectivity index (χ0n) is 19.6. The first-order chi connectivity index (χ1) is 17.5. The highest BCUT2D eigenvalue weighted by Gasteiger charge is 2.15. The third-order valence-electron chi connectivity index (χ3n) is 5.88. The predicted molar refractivity (Wildman–Crippen MR) is 141 cm³/mol. The highest BCUT2D eigenvalue weighted by molar-refractivity contribution is 7.09. The van der Waals surface area contributed by atoms with Gasteiger partial charge in [-0.15, -0.1) is 11.3 Å². The van der Waals surface area contributed by atoms with Crippen LogP contribution >= 0.6 is 11.3 Å². The fraction of sp³-hybridized carbons (Fsp3) is 0.143. The normalized spacial score (nSPS) is 11.0. The van der Waals surface area contributed by atoms with Crippen molar-refractivity contribution in [2.24, 2.45) is 0 Å². The fourth-order valence-electron chi connectivity index (χ4n) is 4.12. The molecule has 0 atom stereocenters. The van der Waals surface area contributed by atoms with E-state index in [0.717, 1.165) is 11.3 Å². The van der Waals surface area contributed by atoms with E-state index in [1.54, 1.807) is 22.1 Å². The second kappa shape index (κ2) is 10.1. The number of carbonyl (C=O) groups is 2. The van der Waals surface area contributed by atoms with Crippen LogP contribution in [-0.2, 0) is 33.9 Å². The average molecular weight is 498 g/mol. The third-order valence-corrected chi connectivity index (χ3v) is 6.78. The molecule has 0 aliphatic rings. The number of benzene rings is 3. The molecule has 0 radical (unpaired) electrons. The predicted octanol–water partition coefficient (Wildman–Crippen LogP) is 4.84. The lowest BCUT2D eigenvalue weighted by atomic mass is 10.1. The van der Waals surface area contributed by atoms with E-state index in [1.807, 2.05) is 67.6 Å². The van der Waals surface area contributed by atoms with Crippen molar-refractivity contribution in [3.63, 3.8) is 0 Å². The van der Waals surface area contributed by atoms with Crippen molar-refractivity contribution < 1.29 is 14.3 Å². The van der Waals surface area contributed by atoms with Crippen molar-refractivity contribution in [3.8, 4) is 0 Å². The van der Waals surface area contributed by atoms with Crippen molar-refractivity contribution in [1.29, 1.82) is 0 Å². The van der Waals surface area contributed by atoms with E-state index in [4.69, 9.17) is 4.74 Å². The molecule has 180 valence electrons. The zero-order valence-corrected chi connectivity index (χ0v) is 20.4. The number of thiazole rings is 1. The molecule has 0 fully saturated rings. The van der Waals surface area contributed by atoms with Crippen LogP contribution in [0.1, 0.15) is 16.3 Å². The summed E-state index contributed by atoms with van der Waals surface area (Å²) in [6, 6.07) is 22.0. The smallest absolute Gasteiger partial charge is 0.326 e. The van der Waals surface area contributed by atoms with Crippen LogP contribution in [0.4, 0.5) is 5.69 Å². The van der Waals surface area contributed by atoms with Crippen molar-refractivity contribution in [2.75, 3.05) is 5.32 Å². The molecule has 2 aromatic heterocycles. The van der Waals surface area contributed by atoms with Crippen LogP contribution in [0.15, 0.2) is 83.0 Å². The summed E-state index contributed by atoms with van der Waals surface area (Å²) < 4.78 is 7.30. The maximum Gasteiger partial charge on any atom is 0.326 e. The molecule has 0 saturated carbocycles. The largest absolute Gasteiger partial charge is 0.458 e. The van der Waals surface area contributed by atoms with Gasteiger partial charge in [0.15, 0.2) is 5.43 Å². The first kappa shape index (κ1) is 23.4. The number of anilines is 1. The maximum atomic E-state index is 12.9. The molecule has 0 bridgehead atoms. The minimum Gasteiger partial charge on any atom is -0.458 e. The van der Waals surface area contributed by atoms with Gasteiger partial charge >= 0.3 is 5.97 Å². The van der Waals surface area contributed by atoms with Gasteiger partial charge in [-0.1, -0.05) is 42.5 Å². The number of fused-ring (bicyclic) bond motifs is 2. The van der Waals surface area contributed by atoms with Gasteiger partial charge in [0, 0.05) is 21.8 Å². The van der Waals surface area contributed by atoms with E-state index in [2.05, 4.69) is 10.3 Å². The zero-order chi connectivity index (χ0) is 25.1. The lowest BCUT2D eigenvalue weighted by molar-refractivity contribution is -0.145. The summed E-state index contributed by atoms with van der Waals surface area (Å²) in [7, 11) is 0. The van der Waals surface area contributed by atoms with Crippen LogP contribution in [0.5, 0.6) is 0 Å². The first-order valence-corrected chi connectivity index (χ1v) is 12.3. The summed E-state index contributed by atoms with van der Waals surface area (Å²) >= 11 is 1.35. The molecule has 2 heterocycles. The van der Waals surface area contributed by atoms with Crippen molar-refractivity contribution >= 4 is 50.7 Å². The summed E-state index contributed by atoms with van der Waals surface area (Å²) in [6.45, 7) is 1.90. The molecule has 7 nitrogen and oxygen atoms in total. The van der Waals surface area contributed by atoms with Crippen molar-refractivity contribution in [3.05, 3.63) is 105 Å². The van der Waals surface area contributed by atoms with Gasteiger partial charge in [-0.05, 0) is 42.8 Å². The van der Waals surface area contributed by atoms with Crippen LogP contribution in [0.3, 0.4) is 0 Å². The third kappa shape index (κ3) is 4.89. The number of aromatic nitrogens is 2. The van der Waals surface area contributed by atoms with Crippen LogP contribution in [-0.4, -0.2) is 21.4 Å². The number of ether oxygens (including phenoxy) is 1. The molecule has 0 saturated heterocycles. The lowest BCUT2D eigenvalue weighted by Crippen LogP contribution is -2.18. The maximum absolute atomic E-state index is 12.9. The lowest BCUT2D eigenvalue weighted by Gasteiger charge is -2.14. The number of aryl methyl sites for hydroxylation is 1. The Bertz CT molecular complexity index is 1590. The summed E-state index contributed by atoms with van der Waals surface area (Å²) in [6.07, 6.45) is 0.141. The highest BCUT2D eigenvalue weighted by atomic mass is 32.1. The Balaban J connectivity index is 1.25. The number of pyridine rings is 1. The standard InChI is InChI=1S/C28H23N3O4S/c1-18-8-2-5-11-22(18)30-25(32)14-26-29-19(17-36-26)16-35-27(33)15-31-23-12-6-3-9-20(23)28(34)21-10-4-7-13-24(21)31/h2-13,17H,14-16H2,1H3,(H,30,32). The summed E-state index contributed by atoms with van der Waals surface area (Å²) in [5.74, 6) is -0.597. The summed E-state index contributed by atoms with van der Waals surface area (Å²) in [5, 5.41) is 6.43. The molecule has 0 aliphatic heterocycles. The molecule has 5 rings (SSSR count). The van der Waals surface area contributed by atoms with Gasteiger partial charge in [-0.25, -0.2) is 4.98 Å². The minimum atomic E-state index is -0.444. The quantitative estimate of drug-likeness (QED) is 0.257. The summed E-state index contributed by atoms with van der Waals surface area (Å²) in [5.41, 5.74) is 3.63. The summed E-state index contributed by atoms with van der Waals surface area (Å²) in [4.78, 5) is 42.5. The van der Waals surface area contributed by atoms with Gasteiger partial charge in [0.2, 0.25) is 5.91 Å². The van der Waals surface area contributed by atoms with Gasteiger partial charge in [0.1, 0.15) is 18.2 Å². The Morgan fingerprint density at radius 2 is 1.58 bits per heavy atom. The van der Waals surface area contributed by atoms with Gasteiger partial charge in [-0.3, -0.25) is 14.4 Å². The van der Waals surface area contributed by atoms with E-state index in [1.165, 1.54) is 11.3 Å². The number of hydrogen-bond acceptors (Lipinski definition) is 6. The van der Waals surface area contributed by atoms with Gasteiger partial charge in [0.25, 0.3) is 0 Å². The first-order valence-electron chi connectivity index (χ1n) is 11.4. The van der Waals surface area contributed by atoms with E-state index in [0.29, 0.717) is 32.5 Å². The molecule has 0 aliphatic carbocycles. The molecule has 0 spiro atoms. The van der Waals surface area contributed by atoms with E-state index >= 15 is 0 Å². The number of amides is 1. The molecular formula is C28H23N3O4S. The van der Waals surface area contributed by atoms with Crippen LogP contribution < -0.4 is 10.7 Å². The van der Waals surface area contributed by atoms with Crippen molar-refractivity contribution in [1.82, 2.24) is 9.55 Å². The fourth-order valence-corrected chi connectivity index (χ4v) is 4.89. The molecule has 1 N–H and O–H groups in total. The van der Waals surface area contributed by atoms with Gasteiger partial charge in [-0.2, -0.15) is 0 Å². The van der Waals surface area contributed by atoms with E-state index < -0.39 is 5.97 Å². The molecule has 0 unspecified atom stereocenters. The SMILES string of the molecule is Cc1ccccc1NC(=O)Cc1nc(COC(=O)Cn2c3ccccc3c(=O)c3ccccc32)cs1. The second-order valence-corrected chi connectivity index (χ2v) is 9.33. The number of nitrogens with one attached hydrogen (secondary N) is 1. The Kier molecular flexibility index (Phi) is 6.60. The molecule has 8 heteroatoms. The number of carbonyl (C=O) groups excluding carboxylic acids is 2. The molecule has 36 heavy (non-hydrogen) atoms. The minimum absolute atomic E-state index is 0.00477. The van der Waals surface area contributed by atoms with Gasteiger partial charge < -0.3 is 14.6 Å². The van der Waals surface area contributed by atoms with E-state index in [9.17, 15) is 14.4 Å². The molecule has 5 aromatic rings. The Hall–Kier alpha value is -4.30. The number of esters is 1. The van der Waals surface area contributed by atoms with Crippen LogP contribution in [0.2, 0.25) is 0 Å². The van der Waals surface area contributed by atoms with E-state index in [-0.39, 0.29) is 30.9 Å². The average Bonchev–Trinajstić information content (AvgIpc) is 3.34. The van der Waals surface area contributed by atoms with Crippen molar-refractivity contribution in [2.45, 2.75) is 26.5 Å². The Morgan fingerprint density at radius 1 is 0.944 bits per heavy atom. The number of rotatable bonds is 7. The number of hydrogen-bond donors (Lipinski definition) is 1. The Labute approximate surface area is 211 Å². The van der Waals surface area contributed by atoms with Crippen LogP contribution in [0, 0.1) is 6.92 Å². The monoisotopic (exact) mass is 497 g/mol. The molecule has 3 aromatic carbocycles. The second-order valence-electron chi connectivity index (χ2n) is 8.38. The Morgan fingerprint density at radius 3 is 2.28 bits per heavy atom. The van der Waals surface area contributed by atoms with Gasteiger partial charge in [0.05, 0.1) is 23.1 Å².